The van der Waals surface area contributed by atoms with Crippen LogP contribution in [0.1, 0.15) is 24.1 Å². The third-order valence-electron chi connectivity index (χ3n) is 4.29. The summed E-state index contributed by atoms with van der Waals surface area (Å²) in [6.07, 6.45) is 11.2. The van der Waals surface area contributed by atoms with Crippen LogP contribution in [-0.4, -0.2) is 35.5 Å². The molecule has 0 saturated heterocycles. The Morgan fingerprint density at radius 2 is 1.67 bits per heavy atom. The van der Waals surface area contributed by atoms with Crippen LogP contribution in [0, 0.1) is 26.2 Å². The Bertz CT molecular complexity index is 770. The van der Waals surface area contributed by atoms with Crippen molar-refractivity contribution < 1.29 is 61.3 Å². The zero-order valence-electron chi connectivity index (χ0n) is 17.9. The molecular weight excluding hydrogens is 397 g/mol. The van der Waals surface area contributed by atoms with Gasteiger partial charge in [0.05, 0.1) is 12.3 Å². The predicted molar refractivity (Wildman–Crippen MR) is 120 cm³/mol. The van der Waals surface area contributed by atoms with Crippen LogP contribution in [0.5, 0.6) is 0 Å². The molecular formula is C26H28KNO2-2. The van der Waals surface area contributed by atoms with E-state index in [1.165, 1.54) is 23.3 Å². The molecule has 0 bridgehead atoms. The van der Waals surface area contributed by atoms with Crippen molar-refractivity contribution in [3.05, 3.63) is 109 Å². The van der Waals surface area contributed by atoms with E-state index in [0.29, 0.717) is 12.1 Å². The van der Waals surface area contributed by atoms with Gasteiger partial charge in [-0.25, -0.2) is 0 Å². The van der Waals surface area contributed by atoms with E-state index < -0.39 is 0 Å². The molecule has 0 fully saturated rings. The Labute approximate surface area is 224 Å². The number of rotatable bonds is 8. The van der Waals surface area contributed by atoms with Crippen molar-refractivity contribution in [3.63, 3.8) is 0 Å². The zero-order chi connectivity index (χ0) is 21.5. The van der Waals surface area contributed by atoms with Gasteiger partial charge in [0.25, 0.3) is 0 Å². The van der Waals surface area contributed by atoms with Gasteiger partial charge in [0.15, 0.2) is 0 Å². The van der Waals surface area contributed by atoms with Crippen LogP contribution >= 0.6 is 0 Å². The van der Waals surface area contributed by atoms with Crippen molar-refractivity contribution in [2.45, 2.75) is 19.0 Å². The number of hydrogen-bond acceptors (Lipinski definition) is 3. The fraction of sp³-hybridized carbons (Fsp3) is 0.192. The molecule has 2 rings (SSSR count). The molecule has 0 aliphatic carbocycles. The van der Waals surface area contributed by atoms with Crippen LogP contribution in [0.25, 0.3) is 0 Å². The molecule has 1 unspecified atom stereocenters. The summed E-state index contributed by atoms with van der Waals surface area (Å²) in [5.74, 6) is 2.27. The van der Waals surface area contributed by atoms with Gasteiger partial charge in [-0.15, -0.1) is 13.0 Å². The Morgan fingerprint density at radius 3 is 2.00 bits per heavy atom. The number of aliphatic hydroxyl groups is 1. The van der Waals surface area contributed by atoms with Gasteiger partial charge < -0.3 is 28.6 Å². The summed E-state index contributed by atoms with van der Waals surface area (Å²) in [4.78, 5) is 12.0. The maximum atomic E-state index is 9.93. The average molecular weight is 426 g/mol. The van der Waals surface area contributed by atoms with Crippen LogP contribution in [0.2, 0.25) is 0 Å². The van der Waals surface area contributed by atoms with E-state index in [1.807, 2.05) is 36.4 Å². The molecule has 0 aromatic heterocycles. The van der Waals surface area contributed by atoms with Crippen molar-refractivity contribution in [2.24, 2.45) is 0 Å². The summed E-state index contributed by atoms with van der Waals surface area (Å²) in [6.45, 7) is 10.4. The van der Waals surface area contributed by atoms with E-state index >= 15 is 0 Å². The van der Waals surface area contributed by atoms with Gasteiger partial charge in [-0.3, -0.25) is 0 Å². The quantitative estimate of drug-likeness (QED) is 0.228. The molecule has 0 saturated carbocycles. The number of allylic oxidation sites excluding steroid dienone is 4. The van der Waals surface area contributed by atoms with Crippen LogP contribution in [0.15, 0.2) is 84.5 Å². The minimum atomic E-state index is -0.182. The summed E-state index contributed by atoms with van der Waals surface area (Å²) in [5, 5.41) is 9.45. The van der Waals surface area contributed by atoms with Gasteiger partial charge in [-0.1, -0.05) is 85.6 Å². The summed E-state index contributed by atoms with van der Waals surface area (Å²) in [7, 11) is 0. The van der Waals surface area contributed by atoms with Crippen molar-refractivity contribution in [2.75, 3.05) is 13.2 Å². The normalized spacial score (nSPS) is 12.0. The zero-order valence-corrected chi connectivity index (χ0v) is 21.0. The number of benzene rings is 2. The summed E-state index contributed by atoms with van der Waals surface area (Å²) in [6, 6.07) is 20.4. The Morgan fingerprint density at radius 1 is 1.17 bits per heavy atom. The monoisotopic (exact) mass is 425 g/mol. The average Bonchev–Trinajstić information content (AvgIpc) is 2.79. The molecule has 4 heteroatoms. The van der Waals surface area contributed by atoms with Crippen LogP contribution in [-0.2, 0) is 4.79 Å². The molecule has 30 heavy (non-hydrogen) atoms. The maximum absolute atomic E-state index is 9.93. The Kier molecular flexibility index (Phi) is 16.6. The summed E-state index contributed by atoms with van der Waals surface area (Å²) < 4.78 is 0. The minimum absolute atomic E-state index is 0. The first-order valence-corrected chi connectivity index (χ1v) is 9.38. The molecule has 0 spiro atoms. The molecule has 0 aliphatic rings. The fourth-order valence-electron chi connectivity index (χ4n) is 2.80. The van der Waals surface area contributed by atoms with Crippen molar-refractivity contribution in [3.8, 4) is 12.3 Å². The van der Waals surface area contributed by atoms with Gasteiger partial charge in [-0.05, 0) is 11.1 Å². The third-order valence-corrected chi connectivity index (χ3v) is 4.29. The van der Waals surface area contributed by atoms with E-state index in [9.17, 15) is 9.90 Å². The second-order valence-electron chi connectivity index (χ2n) is 6.14. The van der Waals surface area contributed by atoms with Crippen LogP contribution in [0.3, 0.4) is 0 Å². The van der Waals surface area contributed by atoms with E-state index in [0.717, 1.165) is 0 Å². The SMILES string of the molecule is C#C/C=C\C([C-]=O)=C/C.[CH2-]CN(C([CH2-])CO)C(c1ccccc1)c1ccccc1.[K+]. The van der Waals surface area contributed by atoms with Gasteiger partial charge in [0, 0.05) is 6.61 Å². The smallest absolute Gasteiger partial charge is 0.398 e. The molecule has 152 valence electrons. The maximum Gasteiger partial charge on any atom is 1.00 e. The standard InChI is InChI=1S/C18H21NO.C8H7O.K/c1-3-19(15(2)14-20)18(16-10-6-4-7-11-16)17-12-8-5-9-13-17;1-3-5-6-8(4-2)7-9;/h4-13,15,18,20H,1-3,14H2;1,4-6H,2H3;/q-2;-1;+1/b;6-5-,8-4+;. The molecule has 0 heterocycles. The van der Waals surface area contributed by atoms with Crippen molar-refractivity contribution in [1.82, 2.24) is 4.90 Å². The van der Waals surface area contributed by atoms with E-state index in [1.54, 1.807) is 19.3 Å². The first kappa shape index (κ1) is 28.7. The van der Waals surface area contributed by atoms with Crippen molar-refractivity contribution in [1.29, 1.82) is 0 Å². The molecule has 1 atom stereocenters. The Balaban J connectivity index is 0.000000719. The summed E-state index contributed by atoms with van der Waals surface area (Å²) >= 11 is 0. The van der Waals surface area contributed by atoms with Crippen molar-refractivity contribution >= 4 is 6.29 Å². The first-order valence-electron chi connectivity index (χ1n) is 9.38. The van der Waals surface area contributed by atoms with E-state index in [4.69, 9.17) is 6.42 Å². The third kappa shape index (κ3) is 9.68. The summed E-state index contributed by atoms with van der Waals surface area (Å²) in [5.41, 5.74) is 2.85. The number of hydrogen-bond donors (Lipinski definition) is 1. The predicted octanol–water partition coefficient (Wildman–Crippen LogP) is 1.34. The molecule has 0 amide bonds. The number of nitrogens with zero attached hydrogens (tertiary/aromatic N) is 1. The second-order valence-corrected chi connectivity index (χ2v) is 6.14. The Hall–Kier alpha value is -1.29. The van der Waals surface area contributed by atoms with Crippen LogP contribution < -0.4 is 51.4 Å². The molecule has 2 aromatic rings. The van der Waals surface area contributed by atoms with Gasteiger partial charge in [-0.2, -0.15) is 17.7 Å². The molecule has 0 radical (unpaired) electrons. The van der Waals surface area contributed by atoms with Gasteiger partial charge in [0.2, 0.25) is 0 Å². The largest absolute Gasteiger partial charge is 1.00 e. The molecule has 3 nitrogen and oxygen atoms in total. The van der Waals surface area contributed by atoms with E-state index in [-0.39, 0.29) is 70.1 Å². The topological polar surface area (TPSA) is 40.5 Å². The van der Waals surface area contributed by atoms with Crippen LogP contribution in [0.4, 0.5) is 0 Å². The molecule has 2 aromatic carbocycles. The number of terminal acetylenes is 1. The molecule has 1 N–H and O–H groups in total. The number of carbonyl (C=O) groups excluding carboxylic acids is 1. The van der Waals surface area contributed by atoms with Gasteiger partial charge >= 0.3 is 51.4 Å². The fourth-order valence-corrected chi connectivity index (χ4v) is 2.80. The number of aliphatic hydroxyl groups excluding tert-OH is 1. The van der Waals surface area contributed by atoms with E-state index in [2.05, 4.69) is 48.9 Å². The van der Waals surface area contributed by atoms with Gasteiger partial charge in [0.1, 0.15) is 0 Å². The first-order chi connectivity index (χ1) is 14.1. The minimum Gasteiger partial charge on any atom is -0.398 e. The second kappa shape index (κ2) is 17.4. The molecule has 0 aliphatic heterocycles.